The van der Waals surface area contributed by atoms with Crippen molar-refractivity contribution in [1.29, 1.82) is 0 Å². The Morgan fingerprint density at radius 3 is 2.21 bits per heavy atom. The summed E-state index contributed by atoms with van der Waals surface area (Å²) in [7, 11) is 0. The van der Waals surface area contributed by atoms with Gasteiger partial charge in [0, 0.05) is 17.0 Å². The Bertz CT molecular complexity index is 949. The summed E-state index contributed by atoms with van der Waals surface area (Å²) in [5, 5.41) is 9.77. The maximum absolute atomic E-state index is 12.4. The Morgan fingerprint density at radius 2 is 1.38 bits per heavy atom. The van der Waals surface area contributed by atoms with Crippen molar-refractivity contribution in [3.63, 3.8) is 0 Å². The molecule has 1 heterocycles. The lowest BCUT2D eigenvalue weighted by Gasteiger charge is -2.11. The van der Waals surface area contributed by atoms with Gasteiger partial charge in [-0.2, -0.15) is 0 Å². The lowest BCUT2D eigenvalue weighted by atomic mass is 10.1. The molecule has 4 aromatic rings. The molecule has 0 bridgehead atoms. The molecule has 1 aromatic heterocycles. The van der Waals surface area contributed by atoms with Crippen LogP contribution in [0.1, 0.15) is 0 Å². The molecular formula is C20H15N3O. The fourth-order valence-electron chi connectivity index (χ4n) is 2.81. The number of nitrogens with zero attached hydrogens (tertiary/aromatic N) is 1. The second-order valence-corrected chi connectivity index (χ2v) is 5.49. The molecule has 2 amide bonds. The summed E-state index contributed by atoms with van der Waals surface area (Å²) in [6, 6.07) is 23.2. The number of hydrogen-bond acceptors (Lipinski definition) is 2. The number of carbonyl (C=O) groups is 1. The number of rotatable bonds is 2. The first-order valence-electron chi connectivity index (χ1n) is 7.71. The molecule has 0 spiro atoms. The van der Waals surface area contributed by atoms with Crippen molar-refractivity contribution in [1.82, 2.24) is 4.98 Å². The minimum atomic E-state index is -0.310. The van der Waals surface area contributed by atoms with Gasteiger partial charge in [0.1, 0.15) is 5.82 Å². The summed E-state index contributed by atoms with van der Waals surface area (Å²) in [6.45, 7) is 0. The number of nitrogens with one attached hydrogen (secondary N) is 2. The summed E-state index contributed by atoms with van der Waals surface area (Å²) in [5.41, 5.74) is 0.769. The maximum atomic E-state index is 12.4. The van der Waals surface area contributed by atoms with Crippen molar-refractivity contribution in [3.05, 3.63) is 79.0 Å². The molecule has 24 heavy (non-hydrogen) atoms. The Morgan fingerprint density at radius 1 is 0.708 bits per heavy atom. The number of pyridine rings is 1. The first-order chi connectivity index (χ1) is 11.8. The van der Waals surface area contributed by atoms with E-state index in [1.54, 1.807) is 6.20 Å². The van der Waals surface area contributed by atoms with E-state index >= 15 is 0 Å². The van der Waals surface area contributed by atoms with Gasteiger partial charge < -0.3 is 5.32 Å². The van der Waals surface area contributed by atoms with Gasteiger partial charge in [-0.3, -0.25) is 5.32 Å². The highest BCUT2D eigenvalue weighted by atomic mass is 16.2. The largest absolute Gasteiger partial charge is 0.324 e. The van der Waals surface area contributed by atoms with E-state index in [0.717, 1.165) is 27.2 Å². The molecule has 0 aliphatic rings. The van der Waals surface area contributed by atoms with E-state index < -0.39 is 0 Å². The van der Waals surface area contributed by atoms with Gasteiger partial charge in [0.25, 0.3) is 0 Å². The molecule has 0 atom stereocenters. The number of benzene rings is 3. The number of fused-ring (bicyclic) bond motifs is 2. The van der Waals surface area contributed by atoms with Gasteiger partial charge in [0.15, 0.2) is 0 Å². The molecule has 116 valence electrons. The second-order valence-electron chi connectivity index (χ2n) is 5.49. The monoisotopic (exact) mass is 313 g/mol. The van der Waals surface area contributed by atoms with E-state index in [0.29, 0.717) is 5.82 Å². The van der Waals surface area contributed by atoms with Crippen LogP contribution in [0.15, 0.2) is 79.0 Å². The summed E-state index contributed by atoms with van der Waals surface area (Å²) < 4.78 is 0. The average Bonchev–Trinajstić information content (AvgIpc) is 2.62. The van der Waals surface area contributed by atoms with Crippen LogP contribution in [0.2, 0.25) is 0 Å². The van der Waals surface area contributed by atoms with Gasteiger partial charge in [-0.1, -0.05) is 60.7 Å². The maximum Gasteiger partial charge on any atom is 0.324 e. The highest BCUT2D eigenvalue weighted by Crippen LogP contribution is 2.24. The highest BCUT2D eigenvalue weighted by molar-refractivity contribution is 6.08. The Balaban J connectivity index is 1.62. The van der Waals surface area contributed by atoms with Crippen molar-refractivity contribution < 1.29 is 4.79 Å². The van der Waals surface area contributed by atoms with Gasteiger partial charge >= 0.3 is 6.03 Å². The number of urea groups is 1. The van der Waals surface area contributed by atoms with Crippen LogP contribution in [0, 0.1) is 0 Å². The van der Waals surface area contributed by atoms with Gasteiger partial charge in [0.2, 0.25) is 0 Å². The molecule has 4 rings (SSSR count). The molecular weight excluding hydrogens is 298 g/mol. The van der Waals surface area contributed by atoms with Crippen LogP contribution in [0.4, 0.5) is 16.3 Å². The van der Waals surface area contributed by atoms with E-state index in [1.807, 2.05) is 72.8 Å². The third kappa shape index (κ3) is 2.65. The first kappa shape index (κ1) is 14.2. The fourth-order valence-corrected chi connectivity index (χ4v) is 2.81. The minimum absolute atomic E-state index is 0.310. The molecule has 0 aliphatic carbocycles. The van der Waals surface area contributed by atoms with E-state index in [1.165, 1.54) is 0 Å². The lowest BCUT2D eigenvalue weighted by molar-refractivity contribution is 0.262. The second kappa shape index (κ2) is 6.01. The van der Waals surface area contributed by atoms with Crippen molar-refractivity contribution in [3.8, 4) is 0 Å². The lowest BCUT2D eigenvalue weighted by Crippen LogP contribution is -2.20. The predicted molar refractivity (Wildman–Crippen MR) is 98.3 cm³/mol. The van der Waals surface area contributed by atoms with Gasteiger partial charge in [-0.05, 0) is 22.9 Å². The summed E-state index contributed by atoms with van der Waals surface area (Å²) in [4.78, 5) is 16.7. The van der Waals surface area contributed by atoms with Crippen LogP contribution in [0.25, 0.3) is 21.5 Å². The molecule has 4 nitrogen and oxygen atoms in total. The quantitative estimate of drug-likeness (QED) is 0.545. The molecule has 0 saturated carbocycles. The zero-order valence-electron chi connectivity index (χ0n) is 12.9. The fraction of sp³-hybridized carbons (Fsp3) is 0. The Kier molecular flexibility index (Phi) is 3.56. The van der Waals surface area contributed by atoms with E-state index in [4.69, 9.17) is 0 Å². The molecule has 0 unspecified atom stereocenters. The van der Waals surface area contributed by atoms with E-state index in [-0.39, 0.29) is 6.03 Å². The Hall–Kier alpha value is -3.40. The van der Waals surface area contributed by atoms with Crippen LogP contribution in [0.3, 0.4) is 0 Å². The van der Waals surface area contributed by atoms with Gasteiger partial charge in [0.05, 0.1) is 5.69 Å². The molecule has 0 saturated heterocycles. The smallest absolute Gasteiger partial charge is 0.307 e. The third-order valence-electron chi connectivity index (χ3n) is 3.94. The SMILES string of the molecule is O=C(Nc1cccc2ccccc12)Nc1nccc2ccccc12. The number of amides is 2. The summed E-state index contributed by atoms with van der Waals surface area (Å²) in [5.74, 6) is 0.547. The third-order valence-corrected chi connectivity index (χ3v) is 3.94. The van der Waals surface area contributed by atoms with Crippen molar-refractivity contribution in [2.45, 2.75) is 0 Å². The molecule has 3 aromatic carbocycles. The molecule has 0 aliphatic heterocycles. The zero-order valence-corrected chi connectivity index (χ0v) is 12.9. The van der Waals surface area contributed by atoms with Crippen LogP contribution >= 0.6 is 0 Å². The average molecular weight is 313 g/mol. The number of anilines is 2. The molecule has 0 radical (unpaired) electrons. The van der Waals surface area contributed by atoms with Crippen LogP contribution < -0.4 is 10.6 Å². The van der Waals surface area contributed by atoms with Gasteiger partial charge in [-0.15, -0.1) is 0 Å². The summed E-state index contributed by atoms with van der Waals surface area (Å²) >= 11 is 0. The predicted octanol–water partition coefficient (Wildman–Crippen LogP) is 5.03. The van der Waals surface area contributed by atoms with E-state index in [2.05, 4.69) is 15.6 Å². The minimum Gasteiger partial charge on any atom is -0.307 e. The Labute approximate surface area is 139 Å². The first-order valence-corrected chi connectivity index (χ1v) is 7.71. The normalized spacial score (nSPS) is 10.7. The van der Waals surface area contributed by atoms with Crippen molar-refractivity contribution in [2.24, 2.45) is 0 Å². The van der Waals surface area contributed by atoms with Crippen LogP contribution in [-0.2, 0) is 0 Å². The number of hydrogen-bond donors (Lipinski definition) is 2. The standard InChI is InChI=1S/C20H15N3O/c24-20(22-18-11-5-8-14-6-1-3-9-16(14)18)23-19-17-10-4-2-7-15(17)12-13-21-19/h1-13H,(H2,21,22,23,24). The topological polar surface area (TPSA) is 54.0 Å². The number of aromatic nitrogens is 1. The van der Waals surface area contributed by atoms with Gasteiger partial charge in [-0.25, -0.2) is 9.78 Å². The van der Waals surface area contributed by atoms with Crippen LogP contribution in [0.5, 0.6) is 0 Å². The molecule has 0 fully saturated rings. The molecule has 4 heteroatoms. The van der Waals surface area contributed by atoms with Crippen LogP contribution in [-0.4, -0.2) is 11.0 Å². The van der Waals surface area contributed by atoms with E-state index in [9.17, 15) is 4.79 Å². The highest BCUT2D eigenvalue weighted by Gasteiger charge is 2.08. The summed E-state index contributed by atoms with van der Waals surface area (Å²) in [6.07, 6.45) is 1.69. The molecule has 2 N–H and O–H groups in total. The number of carbonyl (C=O) groups excluding carboxylic acids is 1. The van der Waals surface area contributed by atoms with Crippen molar-refractivity contribution in [2.75, 3.05) is 10.6 Å². The van der Waals surface area contributed by atoms with Crippen molar-refractivity contribution >= 4 is 39.1 Å². The zero-order chi connectivity index (χ0) is 16.4.